The summed E-state index contributed by atoms with van der Waals surface area (Å²) in [5, 5.41) is 5.13. The Balaban J connectivity index is 1.18. The van der Waals surface area contributed by atoms with E-state index in [1.165, 1.54) is 99.4 Å². The van der Waals surface area contributed by atoms with Crippen molar-refractivity contribution in [2.45, 2.75) is 38.5 Å². The molecular formula is C50H38. The van der Waals surface area contributed by atoms with E-state index in [0.29, 0.717) is 0 Å². The fraction of sp³-hybridized carbons (Fsp3) is 0.120. The zero-order valence-electron chi connectivity index (χ0n) is 29.0. The second-order valence-electron chi connectivity index (χ2n) is 15.3. The van der Waals surface area contributed by atoms with Gasteiger partial charge in [0.25, 0.3) is 0 Å². The van der Waals surface area contributed by atoms with Crippen LogP contribution in [0.2, 0.25) is 0 Å². The van der Waals surface area contributed by atoms with Crippen molar-refractivity contribution in [3.8, 4) is 55.6 Å². The standard InChI is InChI=1S/C50H38/c1-49(2)43-27-25-33(30-41(43)47-44(49)28-26-40-35-19-12-13-24-42(35)50(3,4)48(40)47)32-17-14-18-34(29-32)46-38-22-10-8-20-36(38)45(31-15-6-5-7-16-31)37-21-9-11-23-39(37)46/h5-30H,1-4H3. The predicted molar refractivity (Wildman–Crippen MR) is 213 cm³/mol. The van der Waals surface area contributed by atoms with Crippen LogP contribution in [0.3, 0.4) is 0 Å². The van der Waals surface area contributed by atoms with Crippen molar-refractivity contribution in [2.75, 3.05) is 0 Å². The van der Waals surface area contributed by atoms with Gasteiger partial charge in [0.2, 0.25) is 0 Å². The van der Waals surface area contributed by atoms with E-state index in [9.17, 15) is 0 Å². The highest BCUT2D eigenvalue weighted by molar-refractivity contribution is 6.21. The van der Waals surface area contributed by atoms with Gasteiger partial charge in [-0.15, -0.1) is 0 Å². The maximum Gasteiger partial charge on any atom is 0.0165 e. The van der Waals surface area contributed by atoms with Crippen LogP contribution in [0.4, 0.5) is 0 Å². The Morgan fingerprint density at radius 3 is 1.52 bits per heavy atom. The summed E-state index contributed by atoms with van der Waals surface area (Å²) in [5.41, 5.74) is 18.8. The summed E-state index contributed by atoms with van der Waals surface area (Å²) in [6.07, 6.45) is 0. The average molecular weight is 639 g/mol. The predicted octanol–water partition coefficient (Wildman–Crippen LogP) is 13.6. The summed E-state index contributed by atoms with van der Waals surface area (Å²) in [6, 6.07) is 59.0. The number of benzene rings is 8. The SMILES string of the molecule is CC1(C)c2ccc(-c3cccc(-c4c5ccccc5c(-c5ccccc5)c5ccccc45)c3)cc2-c2c1ccc1c2C(C)(C)c2ccccc2-1. The van der Waals surface area contributed by atoms with E-state index in [4.69, 9.17) is 0 Å². The van der Waals surface area contributed by atoms with Gasteiger partial charge in [-0.1, -0.05) is 173 Å². The molecule has 2 aliphatic carbocycles. The third kappa shape index (κ3) is 3.94. The van der Waals surface area contributed by atoms with Crippen LogP contribution in [0.25, 0.3) is 77.2 Å². The van der Waals surface area contributed by atoms with Crippen molar-refractivity contribution >= 4 is 21.5 Å². The van der Waals surface area contributed by atoms with Crippen LogP contribution >= 0.6 is 0 Å². The van der Waals surface area contributed by atoms with Gasteiger partial charge in [0.15, 0.2) is 0 Å². The molecule has 0 heterocycles. The molecule has 0 N–H and O–H groups in total. The van der Waals surface area contributed by atoms with Gasteiger partial charge in [-0.3, -0.25) is 0 Å². The first-order valence-electron chi connectivity index (χ1n) is 17.9. The third-order valence-electron chi connectivity index (χ3n) is 11.8. The first-order valence-corrected chi connectivity index (χ1v) is 17.9. The van der Waals surface area contributed by atoms with Crippen LogP contribution < -0.4 is 0 Å². The van der Waals surface area contributed by atoms with Crippen LogP contribution in [-0.4, -0.2) is 0 Å². The topological polar surface area (TPSA) is 0 Å². The smallest absolute Gasteiger partial charge is 0.0165 e. The zero-order valence-corrected chi connectivity index (χ0v) is 29.0. The number of rotatable bonds is 3. The van der Waals surface area contributed by atoms with Gasteiger partial charge in [-0.25, -0.2) is 0 Å². The zero-order chi connectivity index (χ0) is 33.8. The molecule has 8 aromatic carbocycles. The average Bonchev–Trinajstić information content (AvgIpc) is 3.53. The van der Waals surface area contributed by atoms with Gasteiger partial charge in [0.05, 0.1) is 0 Å². The van der Waals surface area contributed by atoms with Crippen molar-refractivity contribution in [1.82, 2.24) is 0 Å². The summed E-state index contributed by atoms with van der Waals surface area (Å²) < 4.78 is 0. The third-order valence-corrected chi connectivity index (χ3v) is 11.8. The van der Waals surface area contributed by atoms with Gasteiger partial charge in [-0.05, 0) is 112 Å². The maximum atomic E-state index is 2.48. The normalized spacial score (nSPS) is 14.7. The number of hydrogen-bond acceptors (Lipinski definition) is 0. The van der Waals surface area contributed by atoms with E-state index < -0.39 is 0 Å². The van der Waals surface area contributed by atoms with Crippen LogP contribution in [0, 0.1) is 0 Å². The monoisotopic (exact) mass is 638 g/mol. The van der Waals surface area contributed by atoms with Crippen LogP contribution in [0.15, 0.2) is 158 Å². The van der Waals surface area contributed by atoms with E-state index in [-0.39, 0.29) is 10.8 Å². The minimum Gasteiger partial charge on any atom is -0.0622 e. The molecule has 0 spiro atoms. The second kappa shape index (κ2) is 10.4. The van der Waals surface area contributed by atoms with E-state index in [0.717, 1.165) is 0 Å². The highest BCUT2D eigenvalue weighted by Gasteiger charge is 2.44. The molecule has 0 heteroatoms. The molecule has 238 valence electrons. The Hall–Kier alpha value is -5.72. The van der Waals surface area contributed by atoms with E-state index in [2.05, 4.69) is 185 Å². The molecule has 0 bridgehead atoms. The molecule has 0 radical (unpaired) electrons. The van der Waals surface area contributed by atoms with Crippen molar-refractivity contribution in [3.05, 3.63) is 180 Å². The molecule has 0 saturated heterocycles. The number of fused-ring (bicyclic) bond motifs is 9. The lowest BCUT2D eigenvalue weighted by molar-refractivity contribution is 0.647. The van der Waals surface area contributed by atoms with Crippen LogP contribution in [0.5, 0.6) is 0 Å². The molecule has 0 aromatic heterocycles. The lowest BCUT2D eigenvalue weighted by Gasteiger charge is -2.26. The second-order valence-corrected chi connectivity index (χ2v) is 15.3. The fourth-order valence-corrected chi connectivity index (χ4v) is 9.50. The van der Waals surface area contributed by atoms with Gasteiger partial charge in [0.1, 0.15) is 0 Å². The Bertz CT molecular complexity index is 2630. The van der Waals surface area contributed by atoms with E-state index >= 15 is 0 Å². The first kappa shape index (κ1) is 29.2. The molecular weight excluding hydrogens is 601 g/mol. The minimum atomic E-state index is -0.0705. The summed E-state index contributed by atoms with van der Waals surface area (Å²) in [4.78, 5) is 0. The van der Waals surface area contributed by atoms with Gasteiger partial charge < -0.3 is 0 Å². The van der Waals surface area contributed by atoms with Crippen molar-refractivity contribution < 1.29 is 0 Å². The molecule has 50 heavy (non-hydrogen) atoms. The molecule has 0 unspecified atom stereocenters. The van der Waals surface area contributed by atoms with Crippen LogP contribution in [0.1, 0.15) is 49.9 Å². The van der Waals surface area contributed by atoms with E-state index in [1.54, 1.807) is 0 Å². The summed E-state index contributed by atoms with van der Waals surface area (Å²) >= 11 is 0. The van der Waals surface area contributed by atoms with Gasteiger partial charge in [-0.2, -0.15) is 0 Å². The lowest BCUT2D eigenvalue weighted by atomic mass is 9.77. The Labute approximate surface area is 294 Å². The molecule has 0 aliphatic heterocycles. The highest BCUT2D eigenvalue weighted by atomic mass is 14.5. The minimum absolute atomic E-state index is 0.0662. The lowest BCUT2D eigenvalue weighted by Crippen LogP contribution is -2.18. The molecule has 8 aromatic rings. The highest BCUT2D eigenvalue weighted by Crippen LogP contribution is 2.59. The maximum absolute atomic E-state index is 2.48. The molecule has 0 fully saturated rings. The van der Waals surface area contributed by atoms with Crippen molar-refractivity contribution in [3.63, 3.8) is 0 Å². The van der Waals surface area contributed by atoms with E-state index in [1.807, 2.05) is 0 Å². The fourth-order valence-electron chi connectivity index (χ4n) is 9.50. The summed E-state index contributed by atoms with van der Waals surface area (Å²) in [6.45, 7) is 9.62. The Morgan fingerprint density at radius 1 is 0.300 bits per heavy atom. The molecule has 0 saturated carbocycles. The largest absolute Gasteiger partial charge is 0.0622 e. The molecule has 0 amide bonds. The van der Waals surface area contributed by atoms with Crippen molar-refractivity contribution in [2.24, 2.45) is 0 Å². The van der Waals surface area contributed by atoms with Gasteiger partial charge in [0, 0.05) is 10.8 Å². The molecule has 0 nitrogen and oxygen atoms in total. The molecule has 10 rings (SSSR count). The Kier molecular flexibility index (Phi) is 6.07. The molecule has 2 aliphatic rings. The summed E-state index contributed by atoms with van der Waals surface area (Å²) in [7, 11) is 0. The van der Waals surface area contributed by atoms with Crippen LogP contribution in [-0.2, 0) is 10.8 Å². The van der Waals surface area contributed by atoms with Crippen molar-refractivity contribution in [1.29, 1.82) is 0 Å². The first-order chi connectivity index (χ1) is 24.3. The molecule has 0 atom stereocenters. The quantitative estimate of drug-likeness (QED) is 0.169. The Morgan fingerprint density at radius 2 is 0.820 bits per heavy atom. The number of hydrogen-bond donors (Lipinski definition) is 0. The summed E-state index contributed by atoms with van der Waals surface area (Å²) in [5.74, 6) is 0. The van der Waals surface area contributed by atoms with Gasteiger partial charge >= 0.3 is 0 Å².